The van der Waals surface area contributed by atoms with Gasteiger partial charge in [0.1, 0.15) is 0 Å². The Hall–Kier alpha value is -2.07. The summed E-state index contributed by atoms with van der Waals surface area (Å²) in [5.41, 5.74) is 1.83. The van der Waals surface area contributed by atoms with E-state index in [0.717, 1.165) is 17.0 Å². The molecule has 1 aromatic heterocycles. The number of rotatable bonds is 2. The highest BCUT2D eigenvalue weighted by atomic mass is 35.5. The van der Waals surface area contributed by atoms with E-state index in [0.29, 0.717) is 11.1 Å². The summed E-state index contributed by atoms with van der Waals surface area (Å²) in [4.78, 5) is 4.51. The molecule has 0 N–H and O–H groups in total. The van der Waals surface area contributed by atoms with Crippen LogP contribution in [0.15, 0.2) is 48.5 Å². The van der Waals surface area contributed by atoms with E-state index in [1.54, 1.807) is 6.07 Å². The highest BCUT2D eigenvalue weighted by Gasteiger charge is 2.34. The molecule has 0 fully saturated rings. The predicted octanol–water partition coefficient (Wildman–Crippen LogP) is 5.97. The van der Waals surface area contributed by atoms with Crippen LogP contribution in [-0.2, 0) is 12.1 Å². The van der Waals surface area contributed by atoms with Crippen LogP contribution in [0.5, 0.6) is 0 Å². The molecule has 0 bridgehead atoms. The number of fused-ring (bicyclic) bond motifs is 1. The number of hydrogen-bond acceptors (Lipinski definition) is 1. The summed E-state index contributed by atoms with van der Waals surface area (Å²) < 4.78 is 39.9. The van der Waals surface area contributed by atoms with Crippen LogP contribution in [0.3, 0.4) is 0 Å². The summed E-state index contributed by atoms with van der Waals surface area (Å²) in [5.74, 6) is 0.0956. The fourth-order valence-corrected chi connectivity index (χ4v) is 2.87. The number of halogens is 4. The molecule has 0 aliphatic carbocycles. The lowest BCUT2D eigenvalue weighted by Crippen LogP contribution is -2.08. The molecule has 3 aromatic rings. The molecule has 0 saturated heterocycles. The fraction of sp³-hybridized carbons (Fsp3) is 0.167. The van der Waals surface area contributed by atoms with Crippen LogP contribution in [0.1, 0.15) is 16.7 Å². The average molecular weight is 336 g/mol. The summed E-state index contributed by atoms with van der Waals surface area (Å²) >= 11 is 5.97. The second-order valence-corrected chi connectivity index (χ2v) is 5.59. The van der Waals surface area contributed by atoms with Gasteiger partial charge in [-0.3, -0.25) is 0 Å². The molecular weight excluding hydrogens is 323 g/mol. The van der Waals surface area contributed by atoms with Crippen LogP contribution < -0.4 is 0 Å². The lowest BCUT2D eigenvalue weighted by molar-refractivity contribution is -0.137. The van der Waals surface area contributed by atoms with Crippen molar-refractivity contribution >= 4 is 22.5 Å². The third kappa shape index (κ3) is 2.91. The van der Waals surface area contributed by atoms with E-state index in [4.69, 9.17) is 11.6 Å². The minimum Gasteiger partial charge on any atom is -0.247 e. The Kier molecular flexibility index (Phi) is 4.02. The maximum atomic E-state index is 13.3. The van der Waals surface area contributed by atoms with Gasteiger partial charge >= 0.3 is 6.18 Å². The third-order valence-corrected chi connectivity index (χ3v) is 4.05. The van der Waals surface area contributed by atoms with Gasteiger partial charge in [-0.15, -0.1) is 11.6 Å². The Morgan fingerprint density at radius 2 is 1.78 bits per heavy atom. The van der Waals surface area contributed by atoms with Crippen molar-refractivity contribution in [3.05, 3.63) is 65.2 Å². The predicted molar refractivity (Wildman–Crippen MR) is 86.5 cm³/mol. The second-order valence-electron chi connectivity index (χ2n) is 5.32. The van der Waals surface area contributed by atoms with Crippen molar-refractivity contribution in [2.24, 2.45) is 0 Å². The summed E-state index contributed by atoms with van der Waals surface area (Å²) in [7, 11) is 0. The molecule has 0 saturated carbocycles. The Labute approximate surface area is 136 Å². The van der Waals surface area contributed by atoms with Gasteiger partial charge in [0.05, 0.1) is 16.8 Å². The number of hydrogen-bond donors (Lipinski definition) is 0. The van der Waals surface area contributed by atoms with Gasteiger partial charge in [0, 0.05) is 16.8 Å². The van der Waals surface area contributed by atoms with E-state index >= 15 is 0 Å². The third-order valence-electron chi connectivity index (χ3n) is 3.76. The molecule has 3 rings (SSSR count). The van der Waals surface area contributed by atoms with Gasteiger partial charge in [-0.2, -0.15) is 13.2 Å². The van der Waals surface area contributed by atoms with Crippen molar-refractivity contribution in [2.45, 2.75) is 19.0 Å². The van der Waals surface area contributed by atoms with Crippen molar-refractivity contribution in [3.8, 4) is 11.3 Å². The molecule has 0 amide bonds. The minimum atomic E-state index is -4.44. The van der Waals surface area contributed by atoms with Gasteiger partial charge in [-0.25, -0.2) is 4.98 Å². The first-order valence-corrected chi connectivity index (χ1v) is 7.57. The topological polar surface area (TPSA) is 12.9 Å². The zero-order chi connectivity index (χ0) is 16.6. The van der Waals surface area contributed by atoms with Crippen LogP contribution in [0, 0.1) is 6.92 Å². The number of aromatic nitrogens is 1. The zero-order valence-electron chi connectivity index (χ0n) is 12.3. The number of alkyl halides is 4. The highest BCUT2D eigenvalue weighted by Crippen LogP contribution is 2.38. The van der Waals surface area contributed by atoms with Gasteiger partial charge in [-0.1, -0.05) is 36.4 Å². The second kappa shape index (κ2) is 5.85. The Morgan fingerprint density at radius 3 is 2.48 bits per heavy atom. The zero-order valence-corrected chi connectivity index (χ0v) is 13.0. The molecule has 0 atom stereocenters. The monoisotopic (exact) mass is 335 g/mol. The maximum absolute atomic E-state index is 13.3. The number of nitrogens with zero attached hydrogens (tertiary/aromatic N) is 1. The number of pyridine rings is 1. The van der Waals surface area contributed by atoms with Gasteiger partial charge in [0.25, 0.3) is 0 Å². The molecule has 1 heterocycles. The van der Waals surface area contributed by atoms with Gasteiger partial charge < -0.3 is 0 Å². The van der Waals surface area contributed by atoms with E-state index in [-0.39, 0.29) is 17.1 Å². The van der Waals surface area contributed by atoms with Gasteiger partial charge in [0.2, 0.25) is 0 Å². The first-order valence-electron chi connectivity index (χ1n) is 7.03. The summed E-state index contributed by atoms with van der Waals surface area (Å²) in [6, 6.07) is 12.9. The molecule has 0 aliphatic heterocycles. The van der Waals surface area contributed by atoms with E-state index in [2.05, 4.69) is 4.98 Å². The Morgan fingerprint density at radius 1 is 1.04 bits per heavy atom. The van der Waals surface area contributed by atoms with Gasteiger partial charge in [0.15, 0.2) is 0 Å². The SMILES string of the molecule is Cc1cccc2cc(CCl)c(-c3ccccc3C(F)(F)F)nc12. The molecule has 118 valence electrons. The van der Waals surface area contributed by atoms with Crippen LogP contribution in [0.2, 0.25) is 0 Å². The largest absolute Gasteiger partial charge is 0.417 e. The van der Waals surface area contributed by atoms with Crippen molar-refractivity contribution in [3.63, 3.8) is 0 Å². The van der Waals surface area contributed by atoms with E-state index in [1.165, 1.54) is 12.1 Å². The van der Waals surface area contributed by atoms with Crippen molar-refractivity contribution in [2.75, 3.05) is 0 Å². The van der Waals surface area contributed by atoms with Crippen molar-refractivity contribution < 1.29 is 13.2 Å². The summed E-state index contributed by atoms with van der Waals surface area (Å²) in [6.07, 6.45) is -4.44. The smallest absolute Gasteiger partial charge is 0.247 e. The molecule has 0 aliphatic rings. The first-order chi connectivity index (χ1) is 10.9. The molecule has 0 unspecified atom stereocenters. The molecule has 2 aromatic carbocycles. The Balaban J connectivity index is 2.34. The standard InChI is InChI=1S/C18H13ClF3N/c1-11-5-4-6-12-9-13(10-19)17(23-16(11)12)14-7-2-3-8-15(14)18(20,21)22/h2-9H,10H2,1H3. The molecule has 5 heteroatoms. The molecular formula is C18H13ClF3N. The lowest BCUT2D eigenvalue weighted by Gasteiger charge is -2.15. The average Bonchev–Trinajstić information content (AvgIpc) is 2.53. The van der Waals surface area contributed by atoms with Gasteiger partial charge in [-0.05, 0) is 30.2 Å². The fourth-order valence-electron chi connectivity index (χ4n) is 2.66. The van der Waals surface area contributed by atoms with Crippen LogP contribution in [0.4, 0.5) is 13.2 Å². The molecule has 23 heavy (non-hydrogen) atoms. The molecule has 1 nitrogen and oxygen atoms in total. The quantitative estimate of drug-likeness (QED) is 0.526. The van der Waals surface area contributed by atoms with E-state index in [9.17, 15) is 13.2 Å². The molecule has 0 radical (unpaired) electrons. The van der Waals surface area contributed by atoms with Crippen LogP contribution in [0.25, 0.3) is 22.2 Å². The number of benzene rings is 2. The summed E-state index contributed by atoms with van der Waals surface area (Å²) in [5, 5.41) is 0.869. The molecule has 0 spiro atoms. The number of aryl methyl sites for hydroxylation is 1. The van der Waals surface area contributed by atoms with E-state index in [1.807, 2.05) is 31.2 Å². The first kappa shape index (κ1) is 15.8. The van der Waals surface area contributed by atoms with E-state index < -0.39 is 11.7 Å². The highest BCUT2D eigenvalue weighted by molar-refractivity contribution is 6.17. The van der Waals surface area contributed by atoms with Crippen molar-refractivity contribution in [1.82, 2.24) is 4.98 Å². The maximum Gasteiger partial charge on any atom is 0.417 e. The van der Waals surface area contributed by atoms with Crippen molar-refractivity contribution in [1.29, 1.82) is 0 Å². The number of para-hydroxylation sites is 1. The van der Waals surface area contributed by atoms with Crippen LogP contribution >= 0.6 is 11.6 Å². The van der Waals surface area contributed by atoms with Crippen LogP contribution in [-0.4, -0.2) is 4.98 Å². The summed E-state index contributed by atoms with van der Waals surface area (Å²) in [6.45, 7) is 1.88. The lowest BCUT2D eigenvalue weighted by atomic mass is 9.98. The Bertz CT molecular complexity index is 872. The minimum absolute atomic E-state index is 0.0563. The normalized spacial score (nSPS) is 11.9.